The van der Waals surface area contributed by atoms with Gasteiger partial charge < -0.3 is 24.6 Å². The molecule has 8 heteroatoms. The predicted molar refractivity (Wildman–Crippen MR) is 213 cm³/mol. The van der Waals surface area contributed by atoms with Crippen LogP contribution in [0.5, 0.6) is 5.75 Å². The molecule has 1 heterocycles. The molecule has 2 spiro atoms. The number of Topliss-reactive ketones (excluding diaryl/α,β-unsaturated/α-hetero) is 1. The van der Waals surface area contributed by atoms with Crippen molar-refractivity contribution in [3.05, 3.63) is 101 Å². The summed E-state index contributed by atoms with van der Waals surface area (Å²) >= 11 is 1.55. The first-order valence-electron chi connectivity index (χ1n) is 19.8. The quantitative estimate of drug-likeness (QED) is 0.101. The normalized spacial score (nSPS) is 35.0. The van der Waals surface area contributed by atoms with E-state index in [0.717, 1.165) is 63.4 Å². The maximum Gasteiger partial charge on any atom is 0.415 e. The third-order valence-electron chi connectivity index (χ3n) is 15.0. The lowest BCUT2D eigenvalue weighted by molar-refractivity contribution is -0.175. The molecule has 0 saturated heterocycles. The highest BCUT2D eigenvalue weighted by atomic mass is 32.1. The fourth-order valence-corrected chi connectivity index (χ4v) is 13.2. The molecule has 2 N–H and O–H groups in total. The molecule has 1 amide bonds. The zero-order chi connectivity index (χ0) is 37.5. The number of aliphatic hydroxyl groups excluding tert-OH is 1. The van der Waals surface area contributed by atoms with E-state index in [-0.39, 0.29) is 29.6 Å². The molecular weight excluding hydrogens is 695 g/mol. The zero-order valence-corrected chi connectivity index (χ0v) is 32.4. The van der Waals surface area contributed by atoms with Crippen molar-refractivity contribution < 1.29 is 29.3 Å². The molecule has 6 aliphatic rings. The third kappa shape index (κ3) is 5.16. The third-order valence-corrected chi connectivity index (χ3v) is 16.1. The van der Waals surface area contributed by atoms with Crippen LogP contribution in [0.25, 0.3) is 20.9 Å². The van der Waals surface area contributed by atoms with Gasteiger partial charge in [0.1, 0.15) is 5.75 Å². The van der Waals surface area contributed by atoms with Gasteiger partial charge in [-0.25, -0.2) is 4.79 Å². The van der Waals surface area contributed by atoms with Crippen molar-refractivity contribution in [1.29, 1.82) is 0 Å². The minimum atomic E-state index is -1.21. The molecule has 10 rings (SSSR count). The SMILES string of the molecule is COCCCN(CC1(O)CCC2C34C=CC5(C=C3C(=O)c3cc6ccccc6s3)CC(O)CCC5(C)C4CCC21C)C(=O)Oc1ccc2ccccc2c1. The highest BCUT2D eigenvalue weighted by Gasteiger charge is 2.74. The van der Waals surface area contributed by atoms with Gasteiger partial charge in [-0.2, -0.15) is 0 Å². The van der Waals surface area contributed by atoms with Crippen LogP contribution in [0.4, 0.5) is 4.79 Å². The number of rotatable bonds is 9. The number of fused-ring (bicyclic) bond motifs is 3. The molecule has 4 aromatic rings. The molecule has 3 saturated carbocycles. The predicted octanol–water partition coefficient (Wildman–Crippen LogP) is 9.37. The number of benzene rings is 3. The molecular formula is C46H51NO6S. The van der Waals surface area contributed by atoms with Gasteiger partial charge in [-0.3, -0.25) is 4.79 Å². The van der Waals surface area contributed by atoms with Gasteiger partial charge in [-0.15, -0.1) is 11.3 Å². The Kier molecular flexibility index (Phi) is 8.55. The standard InChI is InChI=1S/C46H51NO6S/c1-42-18-15-33(48)27-44(42)21-22-46(35(28-44)40(49)37-26-32-11-6-7-12-36(32)54-37)38(42)16-19-43(2)39(46)17-20-45(43,51)29-47(23-8-24-52-3)41(50)53-34-14-13-30-9-4-5-10-31(30)25-34/h4-7,9-14,21-22,25-26,28,33,38-39,48,51H,8,15-20,23-24,27,29H2,1-3H3. The Hall–Kier alpha value is -3.82. The zero-order valence-electron chi connectivity index (χ0n) is 31.6. The first-order chi connectivity index (χ1) is 26.0. The van der Waals surface area contributed by atoms with E-state index in [1.54, 1.807) is 23.3 Å². The van der Waals surface area contributed by atoms with Gasteiger partial charge in [-0.1, -0.05) is 80.6 Å². The Labute approximate surface area is 321 Å². The Morgan fingerprint density at radius 3 is 2.39 bits per heavy atom. The van der Waals surface area contributed by atoms with E-state index >= 15 is 4.79 Å². The largest absolute Gasteiger partial charge is 0.415 e. The minimum absolute atomic E-state index is 0.0195. The summed E-state index contributed by atoms with van der Waals surface area (Å²) in [6, 6.07) is 23.8. The Morgan fingerprint density at radius 2 is 1.59 bits per heavy atom. The summed E-state index contributed by atoms with van der Waals surface area (Å²) in [6.07, 6.45) is 11.9. The van der Waals surface area contributed by atoms with Gasteiger partial charge in [0, 0.05) is 46.8 Å². The van der Waals surface area contributed by atoms with Crippen LogP contribution in [0, 0.1) is 33.5 Å². The molecule has 0 aliphatic heterocycles. The van der Waals surface area contributed by atoms with Crippen LogP contribution in [0.1, 0.15) is 74.9 Å². The lowest BCUT2D eigenvalue weighted by atomic mass is 9.32. The van der Waals surface area contributed by atoms with Crippen LogP contribution in [0.2, 0.25) is 0 Å². The molecule has 7 nitrogen and oxygen atoms in total. The molecule has 1 aromatic heterocycles. The van der Waals surface area contributed by atoms with E-state index in [1.165, 1.54) is 0 Å². The van der Waals surface area contributed by atoms with Gasteiger partial charge in [0.05, 0.1) is 23.1 Å². The Bertz CT molecular complexity index is 2180. The monoisotopic (exact) mass is 745 g/mol. The van der Waals surface area contributed by atoms with Crippen LogP contribution >= 0.6 is 11.3 Å². The molecule has 8 atom stereocenters. The fraction of sp³-hybridized carbons (Fsp3) is 0.478. The van der Waals surface area contributed by atoms with E-state index in [1.807, 2.05) is 60.7 Å². The molecule has 3 fully saturated rings. The first kappa shape index (κ1) is 35.9. The van der Waals surface area contributed by atoms with Crippen molar-refractivity contribution in [3.63, 3.8) is 0 Å². The van der Waals surface area contributed by atoms with Gasteiger partial charge in [0.2, 0.25) is 0 Å². The number of amides is 1. The number of hydrogen-bond acceptors (Lipinski definition) is 7. The first-order valence-corrected chi connectivity index (χ1v) is 20.6. The Morgan fingerprint density at radius 1 is 0.870 bits per heavy atom. The average molecular weight is 746 g/mol. The lowest BCUT2D eigenvalue weighted by Crippen LogP contribution is -2.67. The van der Waals surface area contributed by atoms with Gasteiger partial charge in [0.15, 0.2) is 5.78 Å². The maximum atomic E-state index is 15.1. The Balaban J connectivity index is 1.08. The van der Waals surface area contributed by atoms with Crippen molar-refractivity contribution in [2.75, 3.05) is 26.8 Å². The van der Waals surface area contributed by atoms with Gasteiger partial charge in [-0.05, 0) is 109 Å². The van der Waals surface area contributed by atoms with Crippen molar-refractivity contribution in [2.24, 2.45) is 33.5 Å². The number of allylic oxidation sites excluding steroid dienone is 4. The van der Waals surface area contributed by atoms with Crippen LogP contribution in [0.15, 0.2) is 96.6 Å². The number of hydrogen-bond donors (Lipinski definition) is 2. The summed E-state index contributed by atoms with van der Waals surface area (Å²) in [5.74, 6) is 0.716. The van der Waals surface area contributed by atoms with Crippen molar-refractivity contribution in [1.82, 2.24) is 4.90 Å². The molecule has 2 bridgehead atoms. The molecule has 0 radical (unpaired) electrons. The van der Waals surface area contributed by atoms with E-state index in [4.69, 9.17) is 9.47 Å². The number of ketones is 1. The molecule has 54 heavy (non-hydrogen) atoms. The van der Waals surface area contributed by atoms with Gasteiger partial charge >= 0.3 is 6.09 Å². The summed E-state index contributed by atoms with van der Waals surface area (Å²) in [5.41, 5.74) is -2.04. The number of nitrogens with zero attached hydrogens (tertiary/aromatic N) is 1. The van der Waals surface area contributed by atoms with E-state index in [2.05, 4.69) is 44.2 Å². The number of carbonyl (C=O) groups excluding carboxylic acids is 2. The summed E-state index contributed by atoms with van der Waals surface area (Å²) < 4.78 is 12.5. The van der Waals surface area contributed by atoms with Crippen LogP contribution in [-0.4, -0.2) is 65.5 Å². The molecule has 282 valence electrons. The lowest BCUT2D eigenvalue weighted by Gasteiger charge is -2.71. The van der Waals surface area contributed by atoms with E-state index < -0.39 is 34.0 Å². The minimum Gasteiger partial charge on any atom is -0.410 e. The number of carbonyl (C=O) groups is 2. The summed E-state index contributed by atoms with van der Waals surface area (Å²) in [7, 11) is 1.65. The summed E-state index contributed by atoms with van der Waals surface area (Å²) in [5, 5.41) is 27.3. The number of ether oxygens (including phenoxy) is 2. The molecule has 8 unspecified atom stereocenters. The van der Waals surface area contributed by atoms with Crippen molar-refractivity contribution in [2.45, 2.75) is 76.9 Å². The summed E-state index contributed by atoms with van der Waals surface area (Å²) in [4.78, 5) is 31.6. The van der Waals surface area contributed by atoms with Crippen LogP contribution in [-0.2, 0) is 4.74 Å². The average Bonchev–Trinajstić information content (AvgIpc) is 3.72. The maximum absolute atomic E-state index is 15.1. The number of methoxy groups -OCH3 is 1. The van der Waals surface area contributed by atoms with Crippen LogP contribution in [0.3, 0.4) is 0 Å². The summed E-state index contributed by atoms with van der Waals surface area (Å²) in [6.45, 7) is 5.63. The molecule has 3 aromatic carbocycles. The number of thiophene rings is 1. The number of aliphatic hydroxyl groups is 2. The van der Waals surface area contributed by atoms with Gasteiger partial charge in [0.25, 0.3) is 0 Å². The second kappa shape index (κ2) is 12.9. The van der Waals surface area contributed by atoms with Crippen molar-refractivity contribution in [3.8, 4) is 5.75 Å². The van der Waals surface area contributed by atoms with Crippen LogP contribution < -0.4 is 4.74 Å². The van der Waals surface area contributed by atoms with Crippen molar-refractivity contribution >= 4 is 44.1 Å². The van der Waals surface area contributed by atoms with E-state index in [9.17, 15) is 15.0 Å². The fourth-order valence-electron chi connectivity index (χ4n) is 12.2. The molecule has 6 aliphatic carbocycles. The highest BCUT2D eigenvalue weighted by molar-refractivity contribution is 7.21. The second-order valence-electron chi connectivity index (χ2n) is 17.4. The van der Waals surface area contributed by atoms with E-state index in [0.29, 0.717) is 38.2 Å². The topological polar surface area (TPSA) is 96.3 Å². The second-order valence-corrected chi connectivity index (χ2v) is 18.5. The highest BCUT2D eigenvalue weighted by Crippen LogP contribution is 2.78. The smallest absolute Gasteiger partial charge is 0.410 e.